The van der Waals surface area contributed by atoms with Crippen molar-refractivity contribution in [3.05, 3.63) is 28.2 Å². The Labute approximate surface area is 120 Å². The molecule has 0 aliphatic carbocycles. The van der Waals surface area contributed by atoms with Crippen LogP contribution in [-0.4, -0.2) is 23.0 Å². The van der Waals surface area contributed by atoms with Gasteiger partial charge in [-0.3, -0.25) is 4.79 Å². The molecule has 0 aromatic heterocycles. The van der Waals surface area contributed by atoms with Crippen molar-refractivity contribution in [2.24, 2.45) is 11.7 Å². The first kappa shape index (κ1) is 15.7. The average molecular weight is 329 g/mol. The van der Waals surface area contributed by atoms with E-state index in [1.807, 2.05) is 13.8 Å². The number of aromatic carboxylic acids is 1. The minimum absolute atomic E-state index is 0.0643. The highest BCUT2D eigenvalue weighted by molar-refractivity contribution is 9.10. The Bertz CT molecular complexity index is 491. The fourth-order valence-corrected chi connectivity index (χ4v) is 1.92. The second kappa shape index (κ2) is 6.68. The lowest BCUT2D eigenvalue weighted by atomic mass is 9.99. The van der Waals surface area contributed by atoms with Gasteiger partial charge in [-0.05, 0) is 40.0 Å². The van der Waals surface area contributed by atoms with Crippen LogP contribution < -0.4 is 11.1 Å². The lowest BCUT2D eigenvalue weighted by Gasteiger charge is -2.18. The number of hydrogen-bond donors (Lipinski definition) is 3. The summed E-state index contributed by atoms with van der Waals surface area (Å²) in [6.07, 6.45) is 0.801. The van der Waals surface area contributed by atoms with Crippen LogP contribution in [0.4, 0.5) is 5.69 Å². The highest BCUT2D eigenvalue weighted by atomic mass is 79.9. The molecule has 0 fully saturated rings. The van der Waals surface area contributed by atoms with Gasteiger partial charge in [0.25, 0.3) is 0 Å². The Morgan fingerprint density at radius 3 is 2.63 bits per heavy atom. The first-order valence-electron chi connectivity index (χ1n) is 5.96. The normalized spacial score (nSPS) is 13.7. The summed E-state index contributed by atoms with van der Waals surface area (Å²) in [6, 6.07) is 3.99. The molecule has 1 aromatic rings. The highest BCUT2D eigenvalue weighted by Crippen LogP contribution is 2.21. The molecule has 1 unspecified atom stereocenters. The van der Waals surface area contributed by atoms with Crippen molar-refractivity contribution in [1.82, 2.24) is 0 Å². The van der Waals surface area contributed by atoms with Crippen molar-refractivity contribution >= 4 is 33.5 Å². The van der Waals surface area contributed by atoms with Crippen LogP contribution in [0, 0.1) is 5.92 Å². The van der Waals surface area contributed by atoms with Gasteiger partial charge in [0.2, 0.25) is 5.91 Å². The highest BCUT2D eigenvalue weighted by Gasteiger charge is 2.20. The van der Waals surface area contributed by atoms with Gasteiger partial charge in [0.15, 0.2) is 0 Å². The first-order chi connectivity index (χ1) is 8.86. The van der Waals surface area contributed by atoms with E-state index in [-0.39, 0.29) is 17.4 Å². The lowest BCUT2D eigenvalue weighted by molar-refractivity contribution is -0.118. The third-order valence-electron chi connectivity index (χ3n) is 3.02. The van der Waals surface area contributed by atoms with E-state index in [1.165, 1.54) is 6.07 Å². The first-order valence-corrected chi connectivity index (χ1v) is 6.75. The number of rotatable bonds is 5. The van der Waals surface area contributed by atoms with Crippen LogP contribution in [0.15, 0.2) is 22.7 Å². The number of amides is 1. The van der Waals surface area contributed by atoms with E-state index >= 15 is 0 Å². The van der Waals surface area contributed by atoms with E-state index in [2.05, 4.69) is 21.2 Å². The maximum Gasteiger partial charge on any atom is 0.336 e. The molecule has 4 N–H and O–H groups in total. The fraction of sp³-hybridized carbons (Fsp3) is 0.385. The number of carbonyl (C=O) groups is 2. The Kier molecular flexibility index (Phi) is 5.50. The van der Waals surface area contributed by atoms with E-state index in [1.54, 1.807) is 12.1 Å². The molecule has 19 heavy (non-hydrogen) atoms. The molecule has 0 heterocycles. The van der Waals surface area contributed by atoms with Gasteiger partial charge in [-0.25, -0.2) is 4.79 Å². The van der Waals surface area contributed by atoms with E-state index in [0.29, 0.717) is 10.2 Å². The topological polar surface area (TPSA) is 92.4 Å². The number of anilines is 1. The van der Waals surface area contributed by atoms with Gasteiger partial charge in [0.05, 0.1) is 11.6 Å². The maximum absolute atomic E-state index is 11.9. The maximum atomic E-state index is 11.9. The quantitative estimate of drug-likeness (QED) is 0.774. The van der Waals surface area contributed by atoms with Crippen LogP contribution in [-0.2, 0) is 4.79 Å². The summed E-state index contributed by atoms with van der Waals surface area (Å²) in [5, 5.41) is 11.6. The van der Waals surface area contributed by atoms with Crippen molar-refractivity contribution in [2.75, 3.05) is 5.32 Å². The number of benzene rings is 1. The number of carbonyl (C=O) groups excluding carboxylic acids is 1. The number of hydrogen-bond acceptors (Lipinski definition) is 3. The third kappa shape index (κ3) is 4.04. The molecule has 0 saturated heterocycles. The molecule has 2 atom stereocenters. The molecule has 5 nitrogen and oxygen atoms in total. The average Bonchev–Trinajstić information content (AvgIpc) is 2.38. The molecule has 0 saturated carbocycles. The Morgan fingerprint density at radius 2 is 2.11 bits per heavy atom. The second-order valence-corrected chi connectivity index (χ2v) is 5.25. The molecule has 0 radical (unpaired) electrons. The van der Waals surface area contributed by atoms with Crippen LogP contribution in [0.25, 0.3) is 0 Å². The van der Waals surface area contributed by atoms with Gasteiger partial charge in [0.1, 0.15) is 0 Å². The van der Waals surface area contributed by atoms with Crippen LogP contribution in [0.3, 0.4) is 0 Å². The lowest BCUT2D eigenvalue weighted by Crippen LogP contribution is -2.40. The smallest absolute Gasteiger partial charge is 0.336 e. The van der Waals surface area contributed by atoms with Gasteiger partial charge >= 0.3 is 5.97 Å². The van der Waals surface area contributed by atoms with Crippen molar-refractivity contribution < 1.29 is 14.7 Å². The number of carboxylic acids is 1. The van der Waals surface area contributed by atoms with E-state index in [4.69, 9.17) is 10.8 Å². The Balaban J connectivity index is 2.86. The summed E-state index contributed by atoms with van der Waals surface area (Å²) in [4.78, 5) is 22.9. The summed E-state index contributed by atoms with van der Waals surface area (Å²) in [5.41, 5.74) is 6.32. The summed E-state index contributed by atoms with van der Waals surface area (Å²) in [6.45, 7) is 3.86. The Hall–Kier alpha value is -1.40. The Morgan fingerprint density at radius 1 is 1.47 bits per heavy atom. The van der Waals surface area contributed by atoms with Crippen LogP contribution >= 0.6 is 15.9 Å². The van der Waals surface area contributed by atoms with Crippen molar-refractivity contribution in [3.63, 3.8) is 0 Å². The predicted molar refractivity (Wildman–Crippen MR) is 77.2 cm³/mol. The molecular formula is C13H17BrN2O3. The number of halogens is 1. The zero-order valence-electron chi connectivity index (χ0n) is 10.8. The zero-order chi connectivity index (χ0) is 14.6. The molecule has 0 aliphatic heterocycles. The molecule has 0 bridgehead atoms. The van der Waals surface area contributed by atoms with Crippen molar-refractivity contribution in [1.29, 1.82) is 0 Å². The zero-order valence-corrected chi connectivity index (χ0v) is 12.4. The summed E-state index contributed by atoms with van der Waals surface area (Å²) < 4.78 is 0.462. The van der Waals surface area contributed by atoms with Crippen molar-refractivity contribution in [2.45, 2.75) is 26.3 Å². The molecule has 1 aromatic carbocycles. The van der Waals surface area contributed by atoms with Crippen molar-refractivity contribution in [3.8, 4) is 0 Å². The molecular weight excluding hydrogens is 312 g/mol. The largest absolute Gasteiger partial charge is 0.478 e. The van der Waals surface area contributed by atoms with E-state index in [9.17, 15) is 9.59 Å². The van der Waals surface area contributed by atoms with Crippen LogP contribution in [0.2, 0.25) is 0 Å². The molecule has 0 spiro atoms. The van der Waals surface area contributed by atoms with Crippen LogP contribution in [0.1, 0.15) is 30.6 Å². The second-order valence-electron chi connectivity index (χ2n) is 4.40. The van der Waals surface area contributed by atoms with Gasteiger partial charge in [-0.2, -0.15) is 0 Å². The minimum atomic E-state index is -1.06. The van der Waals surface area contributed by atoms with Crippen LogP contribution in [0.5, 0.6) is 0 Å². The summed E-state index contributed by atoms with van der Waals surface area (Å²) in [7, 11) is 0. The minimum Gasteiger partial charge on any atom is -0.478 e. The van der Waals surface area contributed by atoms with Gasteiger partial charge in [-0.1, -0.05) is 20.3 Å². The molecule has 0 aliphatic rings. The molecule has 1 amide bonds. The number of carboxylic acid groups (broad SMARTS) is 1. The van der Waals surface area contributed by atoms with Gasteiger partial charge < -0.3 is 16.2 Å². The fourth-order valence-electron chi connectivity index (χ4n) is 1.50. The summed E-state index contributed by atoms with van der Waals surface area (Å²) >= 11 is 3.14. The van der Waals surface area contributed by atoms with E-state index < -0.39 is 12.0 Å². The standard InChI is InChI=1S/C13H17BrN2O3/c1-3-7(2)11(15)12(17)16-8-4-5-10(14)9(6-8)13(18)19/h4-7,11H,3,15H2,1-2H3,(H,16,17)(H,18,19)/t7?,11-/m0/s1. The molecule has 6 heteroatoms. The van der Waals surface area contributed by atoms with Gasteiger partial charge in [0, 0.05) is 10.2 Å². The monoisotopic (exact) mass is 328 g/mol. The SMILES string of the molecule is CCC(C)[C@H](N)C(=O)Nc1ccc(Br)c(C(=O)O)c1. The summed E-state index contributed by atoms with van der Waals surface area (Å²) in [5.74, 6) is -1.31. The molecule has 104 valence electrons. The predicted octanol–water partition coefficient (Wildman–Crippen LogP) is 2.46. The molecule has 1 rings (SSSR count). The number of nitrogens with one attached hydrogen (secondary N) is 1. The van der Waals surface area contributed by atoms with E-state index in [0.717, 1.165) is 6.42 Å². The third-order valence-corrected chi connectivity index (χ3v) is 3.72. The van der Waals surface area contributed by atoms with Gasteiger partial charge in [-0.15, -0.1) is 0 Å². The number of nitrogens with two attached hydrogens (primary N) is 1.